The molecule has 0 aliphatic heterocycles. The number of methoxy groups -OCH3 is 1. The van der Waals surface area contributed by atoms with Gasteiger partial charge in [-0.3, -0.25) is 0 Å². The summed E-state index contributed by atoms with van der Waals surface area (Å²) in [6.07, 6.45) is 3.43. The van der Waals surface area contributed by atoms with Gasteiger partial charge in [0.05, 0.1) is 13.2 Å². The van der Waals surface area contributed by atoms with Crippen molar-refractivity contribution in [3.63, 3.8) is 0 Å². The summed E-state index contributed by atoms with van der Waals surface area (Å²) < 4.78 is 16.4. The first-order chi connectivity index (χ1) is 9.71. The fourth-order valence-electron chi connectivity index (χ4n) is 1.86. The van der Waals surface area contributed by atoms with Gasteiger partial charge in [0.1, 0.15) is 18.1 Å². The quantitative estimate of drug-likeness (QED) is 0.607. The molecule has 0 fully saturated rings. The van der Waals surface area contributed by atoms with Crippen molar-refractivity contribution in [3.05, 3.63) is 36.4 Å². The summed E-state index contributed by atoms with van der Waals surface area (Å²) in [6, 6.07) is 8.47. The van der Waals surface area contributed by atoms with Crippen molar-refractivity contribution in [1.29, 1.82) is 0 Å². The summed E-state index contributed by atoms with van der Waals surface area (Å²) in [5.41, 5.74) is 0.794. The SMILES string of the molecule is [CH]=C(OC)c1cc[c]c(OCC(CCCC)OCC)c1. The molecule has 0 aliphatic carbocycles. The monoisotopic (exact) mass is 276 g/mol. The minimum absolute atomic E-state index is 0.126. The van der Waals surface area contributed by atoms with Crippen LogP contribution in [0.15, 0.2) is 18.2 Å². The minimum atomic E-state index is 0.126. The molecule has 0 amide bonds. The smallest absolute Gasteiger partial charge is 0.128 e. The lowest BCUT2D eigenvalue weighted by Crippen LogP contribution is -2.21. The zero-order valence-corrected chi connectivity index (χ0v) is 12.6. The van der Waals surface area contributed by atoms with Crippen LogP contribution in [0.1, 0.15) is 38.7 Å². The molecule has 0 saturated heterocycles. The maximum absolute atomic E-state index is 5.75. The fourth-order valence-corrected chi connectivity index (χ4v) is 1.86. The Kier molecular flexibility index (Phi) is 7.81. The van der Waals surface area contributed by atoms with Gasteiger partial charge in [-0.1, -0.05) is 25.8 Å². The number of hydrogen-bond donors (Lipinski definition) is 0. The second-order valence-electron chi connectivity index (χ2n) is 4.54. The summed E-state index contributed by atoms with van der Waals surface area (Å²) >= 11 is 0. The first-order valence-electron chi connectivity index (χ1n) is 7.14. The van der Waals surface area contributed by atoms with E-state index in [-0.39, 0.29) is 6.10 Å². The molecule has 1 atom stereocenters. The Hall–Kier alpha value is -1.48. The van der Waals surface area contributed by atoms with E-state index in [0.29, 0.717) is 24.7 Å². The van der Waals surface area contributed by atoms with Crippen molar-refractivity contribution in [2.45, 2.75) is 39.2 Å². The van der Waals surface area contributed by atoms with Crippen LogP contribution in [-0.2, 0) is 9.47 Å². The number of unbranched alkanes of at least 4 members (excludes halogenated alkanes) is 1. The first kappa shape index (κ1) is 16.6. The molecule has 2 radical (unpaired) electrons. The summed E-state index contributed by atoms with van der Waals surface area (Å²) in [7, 11) is 1.54. The lowest BCUT2D eigenvalue weighted by Gasteiger charge is -2.17. The van der Waals surface area contributed by atoms with Crippen molar-refractivity contribution >= 4 is 5.76 Å². The summed E-state index contributed by atoms with van der Waals surface area (Å²) in [6.45, 7) is 11.1. The van der Waals surface area contributed by atoms with Crippen LogP contribution in [0.3, 0.4) is 0 Å². The van der Waals surface area contributed by atoms with E-state index >= 15 is 0 Å². The van der Waals surface area contributed by atoms with Gasteiger partial charge in [-0.25, -0.2) is 0 Å². The van der Waals surface area contributed by atoms with Crippen LogP contribution in [-0.4, -0.2) is 26.4 Å². The molecular weight excluding hydrogens is 252 g/mol. The second-order valence-corrected chi connectivity index (χ2v) is 4.54. The first-order valence-corrected chi connectivity index (χ1v) is 7.14. The van der Waals surface area contributed by atoms with Crippen molar-refractivity contribution in [2.75, 3.05) is 20.3 Å². The largest absolute Gasteiger partial charge is 0.496 e. The van der Waals surface area contributed by atoms with Gasteiger partial charge in [-0.2, -0.15) is 0 Å². The molecule has 0 heterocycles. The molecule has 0 saturated carbocycles. The molecule has 110 valence electrons. The normalized spacial score (nSPS) is 11.9. The van der Waals surface area contributed by atoms with Gasteiger partial charge in [0.2, 0.25) is 0 Å². The van der Waals surface area contributed by atoms with Gasteiger partial charge in [-0.15, -0.1) is 0 Å². The Morgan fingerprint density at radius 2 is 2.20 bits per heavy atom. The zero-order chi connectivity index (χ0) is 14.8. The lowest BCUT2D eigenvalue weighted by atomic mass is 10.1. The Morgan fingerprint density at radius 3 is 2.85 bits per heavy atom. The average molecular weight is 276 g/mol. The summed E-state index contributed by atoms with van der Waals surface area (Å²) in [5, 5.41) is 0. The predicted molar refractivity (Wildman–Crippen MR) is 80.4 cm³/mol. The third kappa shape index (κ3) is 5.66. The molecule has 0 aliphatic rings. The predicted octanol–water partition coefficient (Wildman–Crippen LogP) is 3.88. The van der Waals surface area contributed by atoms with Crippen LogP contribution in [0.2, 0.25) is 0 Å². The standard InChI is InChI=1S/C17H24O3/c1-5-7-10-17(19-6-2)13-20-16-11-8-9-15(12-16)14(3)18-4/h3,8-9,12,17H,5-7,10,13H2,1-2,4H3. The van der Waals surface area contributed by atoms with E-state index in [1.54, 1.807) is 13.2 Å². The van der Waals surface area contributed by atoms with E-state index in [1.807, 2.05) is 19.1 Å². The van der Waals surface area contributed by atoms with Gasteiger partial charge in [0, 0.05) is 18.2 Å². The van der Waals surface area contributed by atoms with Crippen LogP contribution in [0.4, 0.5) is 0 Å². The van der Waals surface area contributed by atoms with Crippen LogP contribution < -0.4 is 4.74 Å². The molecule has 1 aromatic rings. The van der Waals surface area contributed by atoms with Gasteiger partial charge in [0.25, 0.3) is 0 Å². The third-order valence-electron chi connectivity index (χ3n) is 2.99. The van der Waals surface area contributed by atoms with Crippen LogP contribution in [0.25, 0.3) is 5.76 Å². The molecule has 0 bridgehead atoms. The lowest BCUT2D eigenvalue weighted by molar-refractivity contribution is 0.0211. The Balaban J connectivity index is 2.56. The highest BCUT2D eigenvalue weighted by Crippen LogP contribution is 2.19. The molecule has 3 heteroatoms. The highest BCUT2D eigenvalue weighted by Gasteiger charge is 2.09. The van der Waals surface area contributed by atoms with Crippen molar-refractivity contribution in [2.24, 2.45) is 0 Å². The molecule has 0 N–H and O–H groups in total. The highest BCUT2D eigenvalue weighted by molar-refractivity contribution is 5.57. The van der Waals surface area contributed by atoms with Crippen LogP contribution in [0, 0.1) is 12.6 Å². The van der Waals surface area contributed by atoms with E-state index in [1.165, 1.54) is 0 Å². The van der Waals surface area contributed by atoms with E-state index in [0.717, 1.165) is 24.8 Å². The molecular formula is C17H24O3. The Labute approximate surface area is 122 Å². The third-order valence-corrected chi connectivity index (χ3v) is 2.99. The maximum Gasteiger partial charge on any atom is 0.128 e. The zero-order valence-electron chi connectivity index (χ0n) is 12.6. The molecule has 0 spiro atoms. The van der Waals surface area contributed by atoms with Crippen molar-refractivity contribution < 1.29 is 14.2 Å². The van der Waals surface area contributed by atoms with Gasteiger partial charge >= 0.3 is 0 Å². The number of rotatable bonds is 10. The van der Waals surface area contributed by atoms with Crippen molar-refractivity contribution in [1.82, 2.24) is 0 Å². The highest BCUT2D eigenvalue weighted by atomic mass is 16.5. The molecule has 1 unspecified atom stereocenters. The van der Waals surface area contributed by atoms with Gasteiger partial charge in [-0.05, 0) is 32.1 Å². The number of ether oxygens (including phenoxy) is 3. The van der Waals surface area contributed by atoms with E-state index < -0.39 is 0 Å². The molecule has 3 nitrogen and oxygen atoms in total. The van der Waals surface area contributed by atoms with Crippen molar-refractivity contribution in [3.8, 4) is 5.75 Å². The van der Waals surface area contributed by atoms with E-state index in [2.05, 4.69) is 13.0 Å². The summed E-state index contributed by atoms with van der Waals surface area (Å²) in [5.74, 6) is 1.03. The Bertz CT molecular complexity index is 401. The second kappa shape index (κ2) is 9.43. The average Bonchev–Trinajstić information content (AvgIpc) is 2.49. The molecule has 20 heavy (non-hydrogen) atoms. The molecule has 1 rings (SSSR count). The fraction of sp³-hybridized carbons (Fsp3) is 0.529. The number of hydrogen-bond acceptors (Lipinski definition) is 3. The summed E-state index contributed by atoms with van der Waals surface area (Å²) in [4.78, 5) is 0. The van der Waals surface area contributed by atoms with E-state index in [9.17, 15) is 0 Å². The molecule has 1 aromatic carbocycles. The van der Waals surface area contributed by atoms with Crippen LogP contribution in [0.5, 0.6) is 5.75 Å². The minimum Gasteiger partial charge on any atom is -0.496 e. The number of benzene rings is 1. The van der Waals surface area contributed by atoms with Crippen LogP contribution >= 0.6 is 0 Å². The van der Waals surface area contributed by atoms with Gasteiger partial charge < -0.3 is 14.2 Å². The van der Waals surface area contributed by atoms with E-state index in [4.69, 9.17) is 20.8 Å². The molecule has 0 aromatic heterocycles. The topological polar surface area (TPSA) is 27.7 Å². The van der Waals surface area contributed by atoms with Gasteiger partial charge in [0.15, 0.2) is 0 Å². The Morgan fingerprint density at radius 1 is 1.40 bits per heavy atom. The maximum atomic E-state index is 5.75.